The van der Waals surface area contributed by atoms with Crippen LogP contribution in [0.15, 0.2) is 151 Å². The van der Waals surface area contributed by atoms with Gasteiger partial charge in [0, 0.05) is 49.6 Å². The summed E-state index contributed by atoms with van der Waals surface area (Å²) in [5.74, 6) is 0.357. The SMILES string of the molecule is CS(=O)(=O)c1ccc(F)c(N2CCN(c3ncnc4ccc(-c5cnn(C(c6ccccc6)(c6ccccc6)c6ccccc6)c5)cc34)CC2)c1. The highest BCUT2D eigenvalue weighted by atomic mass is 32.2. The average molecular weight is 695 g/mol. The number of aromatic nitrogens is 4. The molecule has 7 aromatic rings. The molecular formula is C41H35FN6O2S. The first-order chi connectivity index (χ1) is 24.8. The van der Waals surface area contributed by atoms with E-state index in [1.807, 2.05) is 35.4 Å². The molecular weight excluding hydrogens is 660 g/mol. The molecule has 0 bridgehead atoms. The van der Waals surface area contributed by atoms with Gasteiger partial charge in [0.1, 0.15) is 23.5 Å². The van der Waals surface area contributed by atoms with Crippen LogP contribution in [-0.2, 0) is 15.4 Å². The number of rotatable bonds is 8. The van der Waals surface area contributed by atoms with Crippen molar-refractivity contribution in [2.45, 2.75) is 10.4 Å². The summed E-state index contributed by atoms with van der Waals surface area (Å²) < 4.78 is 41.2. The van der Waals surface area contributed by atoms with Crippen LogP contribution >= 0.6 is 0 Å². The van der Waals surface area contributed by atoms with Crippen molar-refractivity contribution in [1.82, 2.24) is 19.7 Å². The number of nitrogens with zero attached hydrogens (tertiary/aromatic N) is 6. The minimum atomic E-state index is -3.46. The third-order valence-electron chi connectivity index (χ3n) is 9.71. The Morgan fingerprint density at radius 2 is 1.25 bits per heavy atom. The molecule has 1 saturated heterocycles. The number of fused-ring (bicyclic) bond motifs is 1. The standard InChI is InChI=1S/C41H35FN6O2S/c1-51(49,50)35-18-19-37(42)39(26-35)46-21-23-47(24-22-46)40-36-25-30(17-20-38(36)43-29-44-40)31-27-45-48(28-31)41(32-11-5-2-6-12-32,33-13-7-3-8-14-33)34-15-9-4-10-16-34/h2-20,25-29H,21-24H2,1H3. The predicted molar refractivity (Wildman–Crippen MR) is 199 cm³/mol. The normalized spacial score (nSPS) is 13.8. The van der Waals surface area contributed by atoms with Crippen molar-refractivity contribution >= 4 is 32.2 Å². The predicted octanol–water partition coefficient (Wildman–Crippen LogP) is 7.20. The van der Waals surface area contributed by atoms with Gasteiger partial charge < -0.3 is 9.80 Å². The molecule has 0 N–H and O–H groups in total. The van der Waals surface area contributed by atoms with Crippen LogP contribution in [0.3, 0.4) is 0 Å². The molecule has 0 unspecified atom stereocenters. The van der Waals surface area contributed by atoms with Gasteiger partial charge in [-0.2, -0.15) is 5.10 Å². The fourth-order valence-electron chi connectivity index (χ4n) is 7.19. The van der Waals surface area contributed by atoms with Gasteiger partial charge in [0.15, 0.2) is 9.84 Å². The second kappa shape index (κ2) is 13.1. The maximum Gasteiger partial charge on any atom is 0.175 e. The number of hydrogen-bond donors (Lipinski definition) is 0. The summed E-state index contributed by atoms with van der Waals surface area (Å²) >= 11 is 0. The van der Waals surface area contributed by atoms with E-state index in [9.17, 15) is 12.8 Å². The first-order valence-electron chi connectivity index (χ1n) is 16.8. The zero-order chi connectivity index (χ0) is 35.0. The van der Waals surface area contributed by atoms with Crippen LogP contribution in [0.2, 0.25) is 0 Å². The van der Waals surface area contributed by atoms with Crippen molar-refractivity contribution < 1.29 is 12.8 Å². The van der Waals surface area contributed by atoms with E-state index < -0.39 is 21.2 Å². The van der Waals surface area contributed by atoms with Crippen molar-refractivity contribution in [2.24, 2.45) is 0 Å². The Morgan fingerprint density at radius 3 is 1.84 bits per heavy atom. The molecule has 1 aliphatic heterocycles. The lowest BCUT2D eigenvalue weighted by molar-refractivity contribution is 0.460. The summed E-state index contributed by atoms with van der Waals surface area (Å²) in [5, 5.41) is 5.96. The molecule has 0 aliphatic carbocycles. The zero-order valence-corrected chi connectivity index (χ0v) is 28.8. The highest BCUT2D eigenvalue weighted by molar-refractivity contribution is 7.90. The van der Waals surface area contributed by atoms with E-state index in [2.05, 4.69) is 106 Å². The summed E-state index contributed by atoms with van der Waals surface area (Å²) in [6.45, 7) is 2.15. The largest absolute Gasteiger partial charge is 0.366 e. The van der Waals surface area contributed by atoms with E-state index in [-0.39, 0.29) is 4.90 Å². The van der Waals surface area contributed by atoms with Gasteiger partial charge in [-0.3, -0.25) is 4.68 Å². The molecule has 1 aliphatic rings. The van der Waals surface area contributed by atoms with E-state index >= 15 is 0 Å². The molecule has 0 atom stereocenters. The molecule has 254 valence electrons. The molecule has 51 heavy (non-hydrogen) atoms. The molecule has 0 amide bonds. The van der Waals surface area contributed by atoms with E-state index in [0.29, 0.717) is 31.9 Å². The topological polar surface area (TPSA) is 84.2 Å². The van der Waals surface area contributed by atoms with Gasteiger partial charge in [0.25, 0.3) is 0 Å². The van der Waals surface area contributed by atoms with E-state index in [1.165, 1.54) is 18.2 Å². The molecule has 0 spiro atoms. The maximum absolute atomic E-state index is 14.9. The van der Waals surface area contributed by atoms with E-state index in [4.69, 9.17) is 10.1 Å². The maximum atomic E-state index is 14.9. The number of piperazine rings is 1. The highest BCUT2D eigenvalue weighted by Gasteiger charge is 2.39. The quantitative estimate of drug-likeness (QED) is 0.123. The minimum Gasteiger partial charge on any atom is -0.366 e. The summed E-state index contributed by atoms with van der Waals surface area (Å²) in [6.07, 6.45) is 6.72. The average Bonchev–Trinajstić information content (AvgIpc) is 3.66. The second-order valence-electron chi connectivity index (χ2n) is 12.8. The second-order valence-corrected chi connectivity index (χ2v) is 14.8. The summed E-state index contributed by atoms with van der Waals surface area (Å²) in [6, 6.07) is 41.5. The van der Waals surface area contributed by atoms with Crippen LogP contribution < -0.4 is 9.80 Å². The van der Waals surface area contributed by atoms with E-state index in [0.717, 1.165) is 50.8 Å². The molecule has 8 nitrogen and oxygen atoms in total. The Kier molecular flexibility index (Phi) is 8.31. The Hall–Kier alpha value is -5.87. The van der Waals surface area contributed by atoms with Crippen LogP contribution in [0.25, 0.3) is 22.0 Å². The van der Waals surface area contributed by atoms with Crippen LogP contribution in [0, 0.1) is 5.82 Å². The van der Waals surface area contributed by atoms with Gasteiger partial charge in [-0.05, 0) is 52.6 Å². The summed E-state index contributed by atoms with van der Waals surface area (Å²) in [7, 11) is -3.46. The first kappa shape index (κ1) is 32.3. The zero-order valence-electron chi connectivity index (χ0n) is 28.0. The third-order valence-corrected chi connectivity index (χ3v) is 10.8. The Labute approximate surface area is 296 Å². The molecule has 0 saturated carbocycles. The lowest BCUT2D eigenvalue weighted by atomic mass is 9.77. The third kappa shape index (κ3) is 5.91. The van der Waals surface area contributed by atoms with Crippen LogP contribution in [0.1, 0.15) is 16.7 Å². The molecule has 2 aromatic heterocycles. The Balaban J connectivity index is 1.15. The van der Waals surface area contributed by atoms with Crippen molar-refractivity contribution in [1.29, 1.82) is 0 Å². The first-order valence-corrected chi connectivity index (χ1v) is 18.7. The molecule has 0 radical (unpaired) electrons. The Morgan fingerprint density at radius 1 is 0.667 bits per heavy atom. The van der Waals surface area contributed by atoms with Gasteiger partial charge >= 0.3 is 0 Å². The molecule has 10 heteroatoms. The lowest BCUT2D eigenvalue weighted by Gasteiger charge is -2.37. The highest BCUT2D eigenvalue weighted by Crippen LogP contribution is 2.41. The van der Waals surface area contributed by atoms with Gasteiger partial charge in [0.2, 0.25) is 0 Å². The molecule has 8 rings (SSSR count). The Bertz CT molecular complexity index is 2340. The number of benzene rings is 5. The van der Waals surface area contributed by atoms with Crippen molar-refractivity contribution in [3.05, 3.63) is 169 Å². The van der Waals surface area contributed by atoms with Gasteiger partial charge in [-0.1, -0.05) is 97.1 Å². The van der Waals surface area contributed by atoms with Gasteiger partial charge in [-0.15, -0.1) is 0 Å². The lowest BCUT2D eigenvalue weighted by Crippen LogP contribution is -2.47. The van der Waals surface area contributed by atoms with Crippen molar-refractivity contribution in [2.75, 3.05) is 42.2 Å². The number of sulfone groups is 1. The fraction of sp³-hybridized carbons (Fsp3) is 0.146. The van der Waals surface area contributed by atoms with Crippen LogP contribution in [0.4, 0.5) is 15.9 Å². The van der Waals surface area contributed by atoms with Gasteiger partial charge in [0.05, 0.1) is 22.3 Å². The van der Waals surface area contributed by atoms with Crippen LogP contribution in [-0.4, -0.2) is 60.6 Å². The van der Waals surface area contributed by atoms with Crippen LogP contribution in [0.5, 0.6) is 0 Å². The fourth-order valence-corrected chi connectivity index (χ4v) is 7.83. The van der Waals surface area contributed by atoms with E-state index in [1.54, 1.807) is 6.33 Å². The van der Waals surface area contributed by atoms with Gasteiger partial charge in [-0.25, -0.2) is 22.8 Å². The summed E-state index contributed by atoms with van der Waals surface area (Å²) in [4.78, 5) is 13.5. The summed E-state index contributed by atoms with van der Waals surface area (Å²) in [5.41, 5.74) is 5.58. The monoisotopic (exact) mass is 694 g/mol. The number of halogens is 1. The molecule has 3 heterocycles. The molecule has 1 fully saturated rings. The molecule has 5 aromatic carbocycles. The van der Waals surface area contributed by atoms with Crippen molar-refractivity contribution in [3.8, 4) is 11.1 Å². The number of anilines is 2. The smallest absolute Gasteiger partial charge is 0.175 e. The number of hydrogen-bond acceptors (Lipinski definition) is 7. The minimum absolute atomic E-state index is 0.104. The van der Waals surface area contributed by atoms with Crippen molar-refractivity contribution in [3.63, 3.8) is 0 Å².